The summed E-state index contributed by atoms with van der Waals surface area (Å²) in [6, 6.07) is 2.24. The van der Waals surface area contributed by atoms with E-state index >= 15 is 0 Å². The Morgan fingerprint density at radius 1 is 1.53 bits per heavy atom. The number of ether oxygens (including phenoxy) is 2. The zero-order valence-corrected chi connectivity index (χ0v) is 12.4. The lowest BCUT2D eigenvalue weighted by atomic mass is 10.1. The third kappa shape index (κ3) is 3.78. The molecule has 1 saturated heterocycles. The van der Waals surface area contributed by atoms with Crippen LogP contribution >= 0.6 is 11.3 Å². The first-order chi connectivity index (χ1) is 9.22. The van der Waals surface area contributed by atoms with Crippen LogP contribution in [0.2, 0.25) is 0 Å². The van der Waals surface area contributed by atoms with Gasteiger partial charge in [-0.05, 0) is 30.9 Å². The number of carbonyl (C=O) groups excluding carboxylic acids is 1. The minimum atomic E-state index is -0.119. The van der Waals surface area contributed by atoms with E-state index in [9.17, 15) is 4.79 Å². The van der Waals surface area contributed by atoms with Gasteiger partial charge in [-0.2, -0.15) is 0 Å². The van der Waals surface area contributed by atoms with Crippen LogP contribution in [0.15, 0.2) is 11.4 Å². The van der Waals surface area contributed by atoms with E-state index in [0.29, 0.717) is 13.0 Å². The molecule has 106 valence electrons. The molecule has 0 amide bonds. The molecule has 0 N–H and O–H groups in total. The van der Waals surface area contributed by atoms with Gasteiger partial charge in [0.15, 0.2) is 0 Å². The zero-order valence-electron chi connectivity index (χ0n) is 11.6. The van der Waals surface area contributed by atoms with Gasteiger partial charge >= 0.3 is 5.97 Å². The van der Waals surface area contributed by atoms with Crippen molar-refractivity contribution in [2.24, 2.45) is 0 Å². The molecule has 5 heteroatoms. The summed E-state index contributed by atoms with van der Waals surface area (Å²) in [4.78, 5) is 15.4. The van der Waals surface area contributed by atoms with Crippen LogP contribution in [0.5, 0.6) is 0 Å². The highest BCUT2D eigenvalue weighted by molar-refractivity contribution is 7.10. The lowest BCUT2D eigenvalue weighted by Crippen LogP contribution is -2.40. The zero-order chi connectivity index (χ0) is 13.7. The molecule has 2 rings (SSSR count). The van der Waals surface area contributed by atoms with Gasteiger partial charge in [-0.3, -0.25) is 9.69 Å². The van der Waals surface area contributed by atoms with Crippen LogP contribution in [0.25, 0.3) is 0 Å². The number of esters is 1. The molecule has 0 spiro atoms. The number of carbonyl (C=O) groups is 1. The Labute approximate surface area is 118 Å². The Morgan fingerprint density at radius 3 is 2.84 bits per heavy atom. The predicted octanol–water partition coefficient (Wildman–Crippen LogP) is 2.38. The second-order valence-corrected chi connectivity index (χ2v) is 5.59. The highest BCUT2D eigenvalue weighted by Gasteiger charge is 2.27. The number of hydrogen-bond acceptors (Lipinski definition) is 5. The van der Waals surface area contributed by atoms with Gasteiger partial charge in [0.2, 0.25) is 0 Å². The van der Waals surface area contributed by atoms with Crippen LogP contribution in [0, 0.1) is 6.92 Å². The number of thiophene rings is 1. The molecular weight excluding hydrogens is 262 g/mol. The van der Waals surface area contributed by atoms with Crippen molar-refractivity contribution in [2.45, 2.75) is 26.3 Å². The average Bonchev–Trinajstić information content (AvgIpc) is 2.83. The van der Waals surface area contributed by atoms with Gasteiger partial charge < -0.3 is 9.47 Å². The van der Waals surface area contributed by atoms with Crippen LogP contribution < -0.4 is 0 Å². The monoisotopic (exact) mass is 283 g/mol. The van der Waals surface area contributed by atoms with E-state index in [-0.39, 0.29) is 12.0 Å². The first-order valence-corrected chi connectivity index (χ1v) is 7.61. The molecule has 1 fully saturated rings. The fourth-order valence-corrected chi connectivity index (χ4v) is 3.44. The lowest BCUT2D eigenvalue weighted by molar-refractivity contribution is -0.145. The first-order valence-electron chi connectivity index (χ1n) is 6.73. The summed E-state index contributed by atoms with van der Waals surface area (Å²) >= 11 is 1.72. The van der Waals surface area contributed by atoms with Gasteiger partial charge in [0, 0.05) is 18.0 Å². The molecule has 1 unspecified atom stereocenters. The van der Waals surface area contributed by atoms with Crippen LogP contribution in [0.1, 0.15) is 29.8 Å². The summed E-state index contributed by atoms with van der Waals surface area (Å²) in [5, 5.41) is 2.09. The Hall–Kier alpha value is -0.910. The molecule has 1 aromatic heterocycles. The number of morpholine rings is 1. The fourth-order valence-electron chi connectivity index (χ4n) is 2.38. The summed E-state index contributed by atoms with van der Waals surface area (Å²) in [5.74, 6) is -0.119. The van der Waals surface area contributed by atoms with Crippen molar-refractivity contribution in [1.29, 1.82) is 0 Å². The summed E-state index contributed by atoms with van der Waals surface area (Å²) in [6.45, 7) is 7.62. The van der Waals surface area contributed by atoms with Gasteiger partial charge in [-0.25, -0.2) is 0 Å². The molecule has 0 bridgehead atoms. The average molecular weight is 283 g/mol. The van der Waals surface area contributed by atoms with E-state index in [0.717, 1.165) is 26.3 Å². The quantitative estimate of drug-likeness (QED) is 0.778. The number of nitrogens with zero attached hydrogens (tertiary/aromatic N) is 1. The molecule has 0 saturated carbocycles. The highest BCUT2D eigenvalue weighted by Crippen LogP contribution is 2.32. The topological polar surface area (TPSA) is 38.8 Å². The molecule has 0 radical (unpaired) electrons. The molecule has 1 atom stereocenters. The van der Waals surface area contributed by atoms with Crippen LogP contribution in [0.4, 0.5) is 0 Å². The van der Waals surface area contributed by atoms with Crippen LogP contribution in [-0.2, 0) is 14.3 Å². The van der Waals surface area contributed by atoms with E-state index in [1.165, 1.54) is 10.4 Å². The number of aryl methyl sites for hydroxylation is 1. The minimum Gasteiger partial charge on any atom is -0.466 e. The van der Waals surface area contributed by atoms with E-state index in [4.69, 9.17) is 9.47 Å². The molecule has 4 nitrogen and oxygen atoms in total. The standard InChI is InChI=1S/C14H21NO3S/c1-3-18-13(16)10-12(14-11(2)4-9-19-14)15-5-7-17-8-6-15/h4,9,12H,3,5-8,10H2,1-2H3. The molecule has 19 heavy (non-hydrogen) atoms. The molecular formula is C14H21NO3S. The maximum atomic E-state index is 11.8. The molecule has 1 aliphatic rings. The van der Waals surface area contributed by atoms with Crippen molar-refractivity contribution in [3.8, 4) is 0 Å². The Balaban J connectivity index is 2.12. The second-order valence-electron chi connectivity index (χ2n) is 4.64. The van der Waals surface area contributed by atoms with E-state index in [1.54, 1.807) is 11.3 Å². The summed E-state index contributed by atoms with van der Waals surface area (Å²) in [7, 11) is 0. The number of hydrogen-bond donors (Lipinski definition) is 0. The van der Waals surface area contributed by atoms with E-state index < -0.39 is 0 Å². The Kier molecular flexibility index (Phi) is 5.36. The van der Waals surface area contributed by atoms with Gasteiger partial charge in [0.25, 0.3) is 0 Å². The molecule has 2 heterocycles. The van der Waals surface area contributed by atoms with Gasteiger partial charge in [-0.15, -0.1) is 11.3 Å². The van der Waals surface area contributed by atoms with Gasteiger partial charge in [0.05, 0.1) is 32.3 Å². The van der Waals surface area contributed by atoms with Crippen molar-refractivity contribution < 1.29 is 14.3 Å². The highest BCUT2D eigenvalue weighted by atomic mass is 32.1. The first kappa shape index (κ1) is 14.5. The lowest BCUT2D eigenvalue weighted by Gasteiger charge is -2.34. The maximum absolute atomic E-state index is 11.8. The van der Waals surface area contributed by atoms with E-state index in [2.05, 4.69) is 23.3 Å². The maximum Gasteiger partial charge on any atom is 0.307 e. The van der Waals surface area contributed by atoms with E-state index in [1.807, 2.05) is 6.92 Å². The van der Waals surface area contributed by atoms with Crippen LogP contribution in [0.3, 0.4) is 0 Å². The third-order valence-corrected chi connectivity index (χ3v) is 4.48. The Bertz CT molecular complexity index is 413. The van der Waals surface area contributed by atoms with Gasteiger partial charge in [0.1, 0.15) is 0 Å². The third-order valence-electron chi connectivity index (χ3n) is 3.36. The molecule has 0 aromatic carbocycles. The van der Waals surface area contributed by atoms with Crippen molar-refractivity contribution in [3.05, 3.63) is 21.9 Å². The molecule has 1 aliphatic heterocycles. The summed E-state index contributed by atoms with van der Waals surface area (Å²) in [6.07, 6.45) is 0.426. The summed E-state index contributed by atoms with van der Waals surface area (Å²) < 4.78 is 10.5. The second kappa shape index (κ2) is 7.03. The fraction of sp³-hybridized carbons (Fsp3) is 0.643. The molecule has 1 aromatic rings. The van der Waals surface area contributed by atoms with Crippen molar-refractivity contribution in [1.82, 2.24) is 4.90 Å². The predicted molar refractivity (Wildman–Crippen MR) is 75.4 cm³/mol. The van der Waals surface area contributed by atoms with Crippen LogP contribution in [-0.4, -0.2) is 43.8 Å². The largest absolute Gasteiger partial charge is 0.466 e. The Morgan fingerprint density at radius 2 is 2.26 bits per heavy atom. The van der Waals surface area contributed by atoms with Gasteiger partial charge in [-0.1, -0.05) is 0 Å². The van der Waals surface area contributed by atoms with Crippen molar-refractivity contribution in [2.75, 3.05) is 32.9 Å². The minimum absolute atomic E-state index is 0.119. The van der Waals surface area contributed by atoms with Crippen molar-refractivity contribution in [3.63, 3.8) is 0 Å². The smallest absolute Gasteiger partial charge is 0.307 e. The molecule has 0 aliphatic carbocycles. The summed E-state index contributed by atoms with van der Waals surface area (Å²) in [5.41, 5.74) is 1.26. The number of rotatable bonds is 5. The SMILES string of the molecule is CCOC(=O)CC(c1sccc1C)N1CCOCC1. The normalized spacial score (nSPS) is 18.2. The van der Waals surface area contributed by atoms with Crippen molar-refractivity contribution >= 4 is 17.3 Å².